The predicted octanol–water partition coefficient (Wildman–Crippen LogP) is 3.77. The van der Waals surface area contributed by atoms with Gasteiger partial charge in [-0.15, -0.1) is 0 Å². The van der Waals surface area contributed by atoms with Crippen LogP contribution in [-0.2, 0) is 0 Å². The van der Waals surface area contributed by atoms with Gasteiger partial charge in [-0.25, -0.2) is 4.98 Å². The van der Waals surface area contributed by atoms with Gasteiger partial charge in [0.25, 0.3) is 5.91 Å². The first-order valence-electron chi connectivity index (χ1n) is 9.83. The molecule has 28 heavy (non-hydrogen) atoms. The second-order valence-electron chi connectivity index (χ2n) is 7.72. The summed E-state index contributed by atoms with van der Waals surface area (Å²) in [5, 5.41) is 12.2. The molecule has 1 aliphatic rings. The van der Waals surface area contributed by atoms with Crippen LogP contribution in [0, 0.1) is 6.92 Å². The Kier molecular flexibility index (Phi) is 4.98. The minimum Gasteiger partial charge on any atom is -0.367 e. The Hall–Kier alpha value is -2.96. The molecule has 1 aliphatic carbocycles. The molecule has 0 atom stereocenters. The molecular formula is C21H26N6O. The highest BCUT2D eigenvalue weighted by molar-refractivity contribution is 6.01. The van der Waals surface area contributed by atoms with E-state index in [4.69, 9.17) is 4.98 Å². The van der Waals surface area contributed by atoms with Gasteiger partial charge in [0, 0.05) is 37.6 Å². The van der Waals surface area contributed by atoms with Crippen LogP contribution in [0.15, 0.2) is 24.4 Å². The van der Waals surface area contributed by atoms with E-state index in [1.807, 2.05) is 13.0 Å². The summed E-state index contributed by atoms with van der Waals surface area (Å²) in [6, 6.07) is 5.95. The van der Waals surface area contributed by atoms with Gasteiger partial charge in [-0.3, -0.25) is 14.9 Å². The number of carbonyl (C=O) groups excluding carboxylic acids is 1. The van der Waals surface area contributed by atoms with Crippen LogP contribution in [0.5, 0.6) is 0 Å². The van der Waals surface area contributed by atoms with E-state index in [0.717, 1.165) is 35.3 Å². The normalized spacial score (nSPS) is 15.0. The first kappa shape index (κ1) is 18.4. The summed E-state index contributed by atoms with van der Waals surface area (Å²) in [5.74, 6) is 0.787. The number of fused-ring (bicyclic) bond motifs is 1. The molecule has 0 saturated heterocycles. The highest BCUT2D eigenvalue weighted by Gasteiger charge is 2.20. The fourth-order valence-corrected chi connectivity index (χ4v) is 3.85. The maximum absolute atomic E-state index is 12.3. The van der Waals surface area contributed by atoms with E-state index in [9.17, 15) is 4.79 Å². The number of aryl methyl sites for hydroxylation is 1. The molecule has 3 aromatic rings. The Morgan fingerprint density at radius 1 is 1.21 bits per heavy atom. The predicted molar refractivity (Wildman–Crippen MR) is 110 cm³/mol. The summed E-state index contributed by atoms with van der Waals surface area (Å²) in [6.07, 6.45) is 7.79. The molecule has 2 N–H and O–H groups in total. The van der Waals surface area contributed by atoms with Crippen molar-refractivity contribution in [3.05, 3.63) is 35.7 Å². The number of rotatable bonds is 4. The van der Waals surface area contributed by atoms with Crippen LogP contribution in [-0.4, -0.2) is 51.1 Å². The van der Waals surface area contributed by atoms with Crippen LogP contribution in [0.1, 0.15) is 48.2 Å². The number of nitrogens with one attached hydrogen (secondary N) is 2. The number of carbonyl (C=O) groups is 1. The highest BCUT2D eigenvalue weighted by atomic mass is 16.2. The van der Waals surface area contributed by atoms with E-state index in [1.165, 1.54) is 19.3 Å². The zero-order valence-electron chi connectivity index (χ0n) is 16.6. The lowest BCUT2D eigenvalue weighted by Gasteiger charge is -2.24. The molecule has 0 spiro atoms. The van der Waals surface area contributed by atoms with Gasteiger partial charge in [0.2, 0.25) is 0 Å². The summed E-state index contributed by atoms with van der Waals surface area (Å²) in [4.78, 5) is 23.1. The third kappa shape index (κ3) is 3.56. The van der Waals surface area contributed by atoms with E-state index >= 15 is 0 Å². The van der Waals surface area contributed by atoms with E-state index < -0.39 is 0 Å². The maximum atomic E-state index is 12.3. The summed E-state index contributed by atoms with van der Waals surface area (Å²) in [7, 11) is 3.48. The monoisotopic (exact) mass is 378 g/mol. The number of aromatic nitrogens is 4. The molecule has 0 radical (unpaired) electrons. The van der Waals surface area contributed by atoms with Crippen molar-refractivity contribution in [1.29, 1.82) is 0 Å². The number of aromatic amines is 1. The zero-order chi connectivity index (χ0) is 19.7. The standard InChI is InChI=1S/C21H26N6O/c1-13-11-16-18(20(23-13)24-15-7-5-4-6-8-15)19(26-25-16)17-12-14(9-10-22-17)21(28)27(2)3/h9-12,15H,4-8H2,1-3H3,(H,23,24)(H,25,26). The first-order chi connectivity index (χ1) is 13.5. The number of pyridine rings is 2. The van der Waals surface area contributed by atoms with Crippen molar-refractivity contribution in [2.75, 3.05) is 19.4 Å². The third-order valence-corrected chi connectivity index (χ3v) is 5.27. The fourth-order valence-electron chi connectivity index (χ4n) is 3.85. The Morgan fingerprint density at radius 2 is 2.00 bits per heavy atom. The minimum atomic E-state index is -0.0574. The van der Waals surface area contributed by atoms with E-state index in [-0.39, 0.29) is 5.91 Å². The molecule has 3 aromatic heterocycles. The Balaban J connectivity index is 1.78. The van der Waals surface area contributed by atoms with E-state index in [0.29, 0.717) is 23.0 Å². The molecule has 7 nitrogen and oxygen atoms in total. The van der Waals surface area contributed by atoms with Gasteiger partial charge in [0.05, 0.1) is 16.6 Å². The van der Waals surface area contributed by atoms with Gasteiger partial charge in [-0.1, -0.05) is 19.3 Å². The van der Waals surface area contributed by atoms with Crippen LogP contribution in [0.2, 0.25) is 0 Å². The fraction of sp³-hybridized carbons (Fsp3) is 0.429. The average Bonchev–Trinajstić information content (AvgIpc) is 3.12. The Bertz CT molecular complexity index is 1000. The van der Waals surface area contributed by atoms with Gasteiger partial charge in [0.15, 0.2) is 0 Å². The summed E-state index contributed by atoms with van der Waals surface area (Å²) in [6.45, 7) is 1.99. The highest BCUT2D eigenvalue weighted by Crippen LogP contribution is 2.32. The molecular weight excluding hydrogens is 352 g/mol. The smallest absolute Gasteiger partial charge is 0.253 e. The average molecular weight is 378 g/mol. The number of amides is 1. The number of nitrogens with zero attached hydrogens (tertiary/aromatic N) is 4. The van der Waals surface area contributed by atoms with Crippen LogP contribution in [0.4, 0.5) is 5.82 Å². The molecule has 7 heteroatoms. The largest absolute Gasteiger partial charge is 0.367 e. The van der Waals surface area contributed by atoms with Crippen LogP contribution in [0.3, 0.4) is 0 Å². The molecule has 4 rings (SSSR count). The molecule has 0 aliphatic heterocycles. The molecule has 3 heterocycles. The first-order valence-corrected chi connectivity index (χ1v) is 9.83. The molecule has 0 unspecified atom stereocenters. The summed E-state index contributed by atoms with van der Waals surface area (Å²) < 4.78 is 0. The van der Waals surface area contributed by atoms with Gasteiger partial charge in [0.1, 0.15) is 11.5 Å². The SMILES string of the molecule is Cc1cc2[nH]nc(-c3cc(C(=O)N(C)C)ccn3)c2c(NC2CCCCC2)n1. The lowest BCUT2D eigenvalue weighted by Crippen LogP contribution is -2.23. The van der Waals surface area contributed by atoms with Crippen molar-refractivity contribution in [2.45, 2.75) is 45.1 Å². The molecule has 146 valence electrons. The molecule has 0 bridgehead atoms. The van der Waals surface area contributed by atoms with Crippen LogP contribution < -0.4 is 5.32 Å². The Morgan fingerprint density at radius 3 is 2.75 bits per heavy atom. The second kappa shape index (κ2) is 7.58. The zero-order valence-corrected chi connectivity index (χ0v) is 16.6. The lowest BCUT2D eigenvalue weighted by atomic mass is 9.95. The van der Waals surface area contributed by atoms with Crippen molar-refractivity contribution in [1.82, 2.24) is 25.1 Å². The summed E-state index contributed by atoms with van der Waals surface area (Å²) >= 11 is 0. The molecule has 1 saturated carbocycles. The quantitative estimate of drug-likeness (QED) is 0.721. The number of hydrogen-bond donors (Lipinski definition) is 2. The molecule has 1 amide bonds. The van der Waals surface area contributed by atoms with Crippen molar-refractivity contribution < 1.29 is 4.79 Å². The van der Waals surface area contributed by atoms with Crippen molar-refractivity contribution >= 4 is 22.6 Å². The van der Waals surface area contributed by atoms with Gasteiger partial charge >= 0.3 is 0 Å². The second-order valence-corrected chi connectivity index (χ2v) is 7.72. The van der Waals surface area contributed by atoms with Gasteiger partial charge < -0.3 is 10.2 Å². The van der Waals surface area contributed by atoms with Crippen LogP contribution in [0.25, 0.3) is 22.3 Å². The van der Waals surface area contributed by atoms with Gasteiger partial charge in [-0.2, -0.15) is 5.10 Å². The Labute approximate surface area is 164 Å². The third-order valence-electron chi connectivity index (χ3n) is 5.27. The molecule has 0 aromatic carbocycles. The summed E-state index contributed by atoms with van der Waals surface area (Å²) in [5.41, 5.74) is 3.83. The lowest BCUT2D eigenvalue weighted by molar-refractivity contribution is 0.0827. The minimum absolute atomic E-state index is 0.0574. The maximum Gasteiger partial charge on any atom is 0.253 e. The molecule has 1 fully saturated rings. The number of hydrogen-bond acceptors (Lipinski definition) is 5. The van der Waals surface area contributed by atoms with E-state index in [2.05, 4.69) is 20.5 Å². The van der Waals surface area contributed by atoms with E-state index in [1.54, 1.807) is 37.3 Å². The van der Waals surface area contributed by atoms with Crippen LogP contribution >= 0.6 is 0 Å². The number of anilines is 1. The van der Waals surface area contributed by atoms with Crippen molar-refractivity contribution in [3.8, 4) is 11.4 Å². The van der Waals surface area contributed by atoms with Gasteiger partial charge in [-0.05, 0) is 38.0 Å². The number of H-pyrrole nitrogens is 1. The van der Waals surface area contributed by atoms with Crippen molar-refractivity contribution in [2.24, 2.45) is 0 Å². The van der Waals surface area contributed by atoms with Crippen molar-refractivity contribution in [3.63, 3.8) is 0 Å². The topological polar surface area (TPSA) is 86.8 Å².